The summed E-state index contributed by atoms with van der Waals surface area (Å²) in [5.41, 5.74) is 8.23. The van der Waals surface area contributed by atoms with E-state index in [0.29, 0.717) is 18.8 Å². The molecule has 0 bridgehead atoms. The molecule has 0 unspecified atom stereocenters. The lowest BCUT2D eigenvalue weighted by molar-refractivity contribution is -0.138. The van der Waals surface area contributed by atoms with Gasteiger partial charge in [-0.3, -0.25) is 4.79 Å². The summed E-state index contributed by atoms with van der Waals surface area (Å²) in [6.45, 7) is 2.67. The van der Waals surface area contributed by atoms with E-state index in [0.717, 1.165) is 26.1 Å². The van der Waals surface area contributed by atoms with Crippen LogP contribution < -0.4 is 11.1 Å². The minimum Gasteiger partial charge on any atom is -0.341 e. The molecule has 1 saturated heterocycles. The summed E-state index contributed by atoms with van der Waals surface area (Å²) >= 11 is 0. The van der Waals surface area contributed by atoms with Crippen molar-refractivity contribution >= 4 is 5.91 Å². The van der Waals surface area contributed by atoms with E-state index in [1.54, 1.807) is 0 Å². The number of piperidine rings is 1. The van der Waals surface area contributed by atoms with Gasteiger partial charge in [0.2, 0.25) is 5.91 Å². The number of hydrogen-bond donors (Lipinski definition) is 2. The van der Waals surface area contributed by atoms with Crippen LogP contribution >= 0.6 is 0 Å². The number of hydrogen-bond acceptors (Lipinski definition) is 3. The van der Waals surface area contributed by atoms with E-state index in [-0.39, 0.29) is 5.91 Å². The molecule has 1 heterocycles. The molecule has 4 nitrogen and oxygen atoms in total. The predicted octanol–water partition coefficient (Wildman–Crippen LogP) is 0.941. The molecule has 1 atom stereocenters. The van der Waals surface area contributed by atoms with E-state index in [9.17, 15) is 4.79 Å². The van der Waals surface area contributed by atoms with Crippen molar-refractivity contribution in [3.63, 3.8) is 0 Å². The number of nitrogens with one attached hydrogen (secondary N) is 1. The minimum atomic E-state index is -0.731. The first-order valence-electron chi connectivity index (χ1n) is 7.92. The zero-order chi connectivity index (χ0) is 14.9. The molecule has 3 N–H and O–H groups in total. The Hall–Kier alpha value is -1.39. The molecule has 21 heavy (non-hydrogen) atoms. The van der Waals surface area contributed by atoms with E-state index < -0.39 is 5.54 Å². The summed E-state index contributed by atoms with van der Waals surface area (Å²) in [4.78, 5) is 14.9. The fraction of sp³-hybridized carbons (Fsp3) is 0.588. The Kier molecular flexibility index (Phi) is 4.00. The molecule has 1 aromatic carbocycles. The van der Waals surface area contributed by atoms with Crippen LogP contribution in [0.2, 0.25) is 0 Å². The zero-order valence-corrected chi connectivity index (χ0v) is 12.8. The molecule has 2 aliphatic rings. The van der Waals surface area contributed by atoms with E-state index in [1.165, 1.54) is 17.5 Å². The van der Waals surface area contributed by atoms with Gasteiger partial charge in [0.05, 0.1) is 0 Å². The number of nitrogens with two attached hydrogens (primary N) is 1. The third-order valence-corrected chi connectivity index (χ3v) is 4.86. The third-order valence-electron chi connectivity index (χ3n) is 4.86. The van der Waals surface area contributed by atoms with Gasteiger partial charge in [0.15, 0.2) is 0 Å². The Balaban J connectivity index is 1.71. The Bertz CT molecular complexity index is 502. The van der Waals surface area contributed by atoms with Gasteiger partial charge in [-0.2, -0.15) is 0 Å². The predicted molar refractivity (Wildman–Crippen MR) is 84.0 cm³/mol. The maximum atomic E-state index is 12.9. The molecule has 3 rings (SSSR count). The van der Waals surface area contributed by atoms with Crippen molar-refractivity contribution in [1.29, 1.82) is 0 Å². The molecule has 1 aliphatic carbocycles. The molecule has 0 aromatic heterocycles. The second-order valence-electron chi connectivity index (χ2n) is 6.60. The van der Waals surface area contributed by atoms with Gasteiger partial charge in [-0.15, -0.1) is 0 Å². The number of nitrogens with zero attached hydrogens (tertiary/aromatic N) is 1. The zero-order valence-electron chi connectivity index (χ0n) is 12.8. The molecule has 1 fully saturated rings. The summed E-state index contributed by atoms with van der Waals surface area (Å²) in [7, 11) is 1.97. The van der Waals surface area contributed by atoms with E-state index in [2.05, 4.69) is 17.4 Å². The molecular weight excluding hydrogens is 262 g/mol. The summed E-state index contributed by atoms with van der Waals surface area (Å²) in [6.07, 6.45) is 3.63. The number of amides is 1. The average molecular weight is 287 g/mol. The Morgan fingerprint density at radius 3 is 2.67 bits per heavy atom. The largest absolute Gasteiger partial charge is 0.341 e. The van der Waals surface area contributed by atoms with Crippen molar-refractivity contribution < 1.29 is 4.79 Å². The normalized spacial score (nSPS) is 23.9. The minimum absolute atomic E-state index is 0.138. The fourth-order valence-electron chi connectivity index (χ4n) is 3.82. The van der Waals surface area contributed by atoms with Crippen LogP contribution in [0.1, 0.15) is 24.0 Å². The summed E-state index contributed by atoms with van der Waals surface area (Å²) in [5, 5.41) is 3.22. The second kappa shape index (κ2) is 5.78. The summed E-state index contributed by atoms with van der Waals surface area (Å²) in [6, 6.07) is 8.24. The van der Waals surface area contributed by atoms with Crippen molar-refractivity contribution in [1.82, 2.24) is 10.2 Å². The van der Waals surface area contributed by atoms with Gasteiger partial charge in [0.25, 0.3) is 0 Å². The number of carbonyl (C=O) groups excluding carboxylic acids is 1. The molecule has 1 aliphatic heterocycles. The monoisotopic (exact) mass is 287 g/mol. The molecule has 0 radical (unpaired) electrons. The lowest BCUT2D eigenvalue weighted by Crippen LogP contribution is -2.58. The third kappa shape index (κ3) is 2.83. The Labute approximate surface area is 126 Å². The van der Waals surface area contributed by atoms with Crippen LogP contribution in [-0.4, -0.2) is 43.0 Å². The quantitative estimate of drug-likeness (QED) is 0.870. The molecule has 1 amide bonds. The molecule has 114 valence electrons. The molecular formula is C17H25N3O. The summed E-state index contributed by atoms with van der Waals surface area (Å²) < 4.78 is 0. The van der Waals surface area contributed by atoms with E-state index in [4.69, 9.17) is 5.73 Å². The highest BCUT2D eigenvalue weighted by molar-refractivity contribution is 5.88. The number of fused-ring (bicyclic) bond motifs is 1. The van der Waals surface area contributed by atoms with Crippen LogP contribution in [0.25, 0.3) is 0 Å². The van der Waals surface area contributed by atoms with Crippen molar-refractivity contribution in [3.05, 3.63) is 35.4 Å². The Morgan fingerprint density at radius 1 is 1.38 bits per heavy atom. The van der Waals surface area contributed by atoms with Gasteiger partial charge in [-0.25, -0.2) is 0 Å². The Morgan fingerprint density at radius 2 is 2.05 bits per heavy atom. The van der Waals surface area contributed by atoms with E-state index in [1.807, 2.05) is 24.1 Å². The highest BCUT2D eigenvalue weighted by atomic mass is 16.2. The number of likely N-dealkylation sites (tertiary alicyclic amines) is 1. The van der Waals surface area contributed by atoms with Crippen LogP contribution in [0, 0.1) is 5.92 Å². The number of benzene rings is 1. The van der Waals surface area contributed by atoms with Gasteiger partial charge in [-0.05, 0) is 56.3 Å². The fourth-order valence-corrected chi connectivity index (χ4v) is 3.82. The smallest absolute Gasteiger partial charge is 0.243 e. The topological polar surface area (TPSA) is 58.4 Å². The number of carbonyl (C=O) groups is 1. The highest BCUT2D eigenvalue weighted by Gasteiger charge is 2.43. The SMILES string of the molecule is CNC[C@@H]1CCCN(C(=O)C2(N)Cc3ccccc3C2)C1. The lowest BCUT2D eigenvalue weighted by Gasteiger charge is -2.37. The van der Waals surface area contributed by atoms with Crippen molar-refractivity contribution in [2.45, 2.75) is 31.2 Å². The standard InChI is InChI=1S/C17H25N3O/c1-19-11-13-5-4-8-20(12-13)16(21)17(18)9-14-6-2-3-7-15(14)10-17/h2-3,6-7,13,19H,4-5,8-12,18H2,1H3/t13-/m0/s1. The van der Waals surface area contributed by atoms with Gasteiger partial charge >= 0.3 is 0 Å². The number of rotatable bonds is 3. The van der Waals surface area contributed by atoms with Crippen molar-refractivity contribution in [3.8, 4) is 0 Å². The van der Waals surface area contributed by atoms with Gasteiger partial charge in [0, 0.05) is 13.1 Å². The molecule has 0 saturated carbocycles. The van der Waals surface area contributed by atoms with Crippen LogP contribution in [0.5, 0.6) is 0 Å². The first kappa shape index (κ1) is 14.5. The maximum absolute atomic E-state index is 12.9. The average Bonchev–Trinajstić information content (AvgIpc) is 2.84. The second-order valence-corrected chi connectivity index (χ2v) is 6.60. The van der Waals surface area contributed by atoms with Crippen molar-refractivity contribution in [2.24, 2.45) is 11.7 Å². The van der Waals surface area contributed by atoms with Crippen molar-refractivity contribution in [2.75, 3.05) is 26.7 Å². The first-order chi connectivity index (χ1) is 10.1. The first-order valence-corrected chi connectivity index (χ1v) is 7.92. The van der Waals surface area contributed by atoms with Crippen LogP contribution in [0.4, 0.5) is 0 Å². The van der Waals surface area contributed by atoms with Gasteiger partial charge in [-0.1, -0.05) is 24.3 Å². The van der Waals surface area contributed by atoms with Gasteiger partial charge < -0.3 is 16.0 Å². The van der Waals surface area contributed by atoms with Crippen LogP contribution in [-0.2, 0) is 17.6 Å². The molecule has 4 heteroatoms. The lowest BCUT2D eigenvalue weighted by atomic mass is 9.91. The molecule has 0 spiro atoms. The van der Waals surface area contributed by atoms with Gasteiger partial charge in [0.1, 0.15) is 5.54 Å². The highest BCUT2D eigenvalue weighted by Crippen LogP contribution is 2.31. The maximum Gasteiger partial charge on any atom is 0.243 e. The van der Waals surface area contributed by atoms with Crippen LogP contribution in [0.3, 0.4) is 0 Å². The van der Waals surface area contributed by atoms with E-state index >= 15 is 0 Å². The summed E-state index contributed by atoms with van der Waals surface area (Å²) in [5.74, 6) is 0.694. The van der Waals surface area contributed by atoms with Crippen LogP contribution in [0.15, 0.2) is 24.3 Å². The molecule has 1 aromatic rings.